The van der Waals surface area contributed by atoms with Gasteiger partial charge in [-0.1, -0.05) is 20.8 Å². The van der Waals surface area contributed by atoms with Crippen LogP contribution in [-0.2, 0) is 4.79 Å². The van der Waals surface area contributed by atoms with Gasteiger partial charge in [-0.25, -0.2) is 0 Å². The van der Waals surface area contributed by atoms with Crippen LogP contribution in [0.2, 0.25) is 0 Å². The monoisotopic (exact) mass is 251 g/mol. The number of hydrogen-bond acceptors (Lipinski definition) is 2. The van der Waals surface area contributed by atoms with E-state index in [0.29, 0.717) is 23.5 Å². The molecule has 0 spiro atoms. The van der Waals surface area contributed by atoms with Crippen molar-refractivity contribution in [2.24, 2.45) is 23.7 Å². The van der Waals surface area contributed by atoms with E-state index in [4.69, 9.17) is 0 Å². The number of rotatable bonds is 6. The van der Waals surface area contributed by atoms with E-state index >= 15 is 0 Å². The van der Waals surface area contributed by atoms with Crippen LogP contribution in [0, 0.1) is 23.7 Å². The second-order valence-corrected chi connectivity index (χ2v) is 6.80. The molecular formula is C16H29NO. The van der Waals surface area contributed by atoms with E-state index in [0.717, 1.165) is 18.9 Å². The summed E-state index contributed by atoms with van der Waals surface area (Å²) in [7, 11) is 0. The molecule has 0 heterocycles. The zero-order valence-electron chi connectivity index (χ0n) is 12.3. The highest BCUT2D eigenvalue weighted by Crippen LogP contribution is 2.33. The normalized spacial score (nSPS) is 33.1. The SMILES string of the molecule is CCCN(CC1CC1)CC1C(=O)CC(C)CC1C. The molecule has 2 saturated carbocycles. The van der Waals surface area contributed by atoms with Crippen LogP contribution in [0.25, 0.3) is 0 Å². The van der Waals surface area contributed by atoms with Crippen molar-refractivity contribution in [3.05, 3.63) is 0 Å². The van der Waals surface area contributed by atoms with Crippen LogP contribution >= 0.6 is 0 Å². The minimum absolute atomic E-state index is 0.312. The molecule has 3 unspecified atom stereocenters. The summed E-state index contributed by atoms with van der Waals surface area (Å²) >= 11 is 0. The van der Waals surface area contributed by atoms with Gasteiger partial charge in [0.25, 0.3) is 0 Å². The molecular weight excluding hydrogens is 222 g/mol. The average molecular weight is 251 g/mol. The molecule has 0 amide bonds. The smallest absolute Gasteiger partial charge is 0.137 e. The quantitative estimate of drug-likeness (QED) is 0.721. The second kappa shape index (κ2) is 6.18. The minimum Gasteiger partial charge on any atom is -0.302 e. The lowest BCUT2D eigenvalue weighted by Gasteiger charge is -2.35. The van der Waals surface area contributed by atoms with E-state index in [-0.39, 0.29) is 0 Å². The summed E-state index contributed by atoms with van der Waals surface area (Å²) in [6.45, 7) is 10.2. The summed E-state index contributed by atoms with van der Waals surface area (Å²) in [5.41, 5.74) is 0. The number of ketones is 1. The van der Waals surface area contributed by atoms with Crippen LogP contribution < -0.4 is 0 Å². The number of carbonyl (C=O) groups is 1. The lowest BCUT2D eigenvalue weighted by molar-refractivity contribution is -0.128. The highest BCUT2D eigenvalue weighted by molar-refractivity contribution is 5.82. The highest BCUT2D eigenvalue weighted by atomic mass is 16.1. The van der Waals surface area contributed by atoms with Crippen molar-refractivity contribution < 1.29 is 4.79 Å². The highest BCUT2D eigenvalue weighted by Gasteiger charge is 2.34. The van der Waals surface area contributed by atoms with E-state index in [1.807, 2.05) is 0 Å². The molecule has 0 radical (unpaired) electrons. The van der Waals surface area contributed by atoms with Crippen LogP contribution in [-0.4, -0.2) is 30.3 Å². The number of nitrogens with zero attached hydrogens (tertiary/aromatic N) is 1. The second-order valence-electron chi connectivity index (χ2n) is 6.80. The molecule has 0 aromatic heterocycles. The van der Waals surface area contributed by atoms with Crippen molar-refractivity contribution in [2.75, 3.05) is 19.6 Å². The van der Waals surface area contributed by atoms with Gasteiger partial charge in [-0.2, -0.15) is 0 Å². The molecule has 0 aliphatic heterocycles. The zero-order valence-corrected chi connectivity index (χ0v) is 12.3. The Balaban J connectivity index is 1.89. The van der Waals surface area contributed by atoms with Crippen molar-refractivity contribution in [2.45, 2.75) is 52.9 Å². The standard InChI is InChI=1S/C16H29NO/c1-4-7-17(10-14-5-6-14)11-15-13(3)8-12(2)9-16(15)18/h12-15H,4-11H2,1-3H3. The van der Waals surface area contributed by atoms with E-state index in [2.05, 4.69) is 25.7 Å². The maximum atomic E-state index is 12.2. The van der Waals surface area contributed by atoms with Crippen molar-refractivity contribution in [1.29, 1.82) is 0 Å². The Hall–Kier alpha value is -0.370. The lowest BCUT2D eigenvalue weighted by Crippen LogP contribution is -2.41. The average Bonchev–Trinajstić information content (AvgIpc) is 3.07. The van der Waals surface area contributed by atoms with Gasteiger partial charge in [0.05, 0.1) is 0 Å². The molecule has 18 heavy (non-hydrogen) atoms. The van der Waals surface area contributed by atoms with Gasteiger partial charge in [-0.3, -0.25) is 4.79 Å². The summed E-state index contributed by atoms with van der Waals surface area (Å²) in [5, 5.41) is 0. The number of Topliss-reactive ketones (excluding diaryl/α,β-unsaturated/α-hetero) is 1. The van der Waals surface area contributed by atoms with Crippen molar-refractivity contribution >= 4 is 5.78 Å². The third-order valence-corrected chi connectivity index (χ3v) is 4.63. The summed E-state index contributed by atoms with van der Waals surface area (Å²) in [4.78, 5) is 14.8. The van der Waals surface area contributed by atoms with Gasteiger partial charge in [0.2, 0.25) is 0 Å². The Kier molecular flexibility index (Phi) is 4.83. The molecule has 2 fully saturated rings. The third-order valence-electron chi connectivity index (χ3n) is 4.63. The van der Waals surface area contributed by atoms with Gasteiger partial charge in [-0.05, 0) is 50.0 Å². The molecule has 2 aliphatic carbocycles. The van der Waals surface area contributed by atoms with Crippen molar-refractivity contribution in [1.82, 2.24) is 4.90 Å². The van der Waals surface area contributed by atoms with Crippen molar-refractivity contribution in [3.8, 4) is 0 Å². The Bertz CT molecular complexity index is 285. The lowest BCUT2D eigenvalue weighted by atomic mass is 9.74. The van der Waals surface area contributed by atoms with E-state index in [1.54, 1.807) is 0 Å². The van der Waals surface area contributed by atoms with Crippen LogP contribution in [0.5, 0.6) is 0 Å². The van der Waals surface area contributed by atoms with Crippen LogP contribution in [0.1, 0.15) is 52.9 Å². The molecule has 2 aliphatic rings. The van der Waals surface area contributed by atoms with Gasteiger partial charge in [0.1, 0.15) is 5.78 Å². The molecule has 0 bridgehead atoms. The largest absolute Gasteiger partial charge is 0.302 e. The Morgan fingerprint density at radius 1 is 1.22 bits per heavy atom. The Morgan fingerprint density at radius 3 is 2.50 bits per heavy atom. The summed E-state index contributed by atoms with van der Waals surface area (Å²) in [5.74, 6) is 2.96. The molecule has 2 nitrogen and oxygen atoms in total. The third kappa shape index (κ3) is 3.81. The zero-order chi connectivity index (χ0) is 13.1. The predicted octanol–water partition coefficient (Wildman–Crippen LogP) is 3.36. The van der Waals surface area contributed by atoms with E-state index < -0.39 is 0 Å². The van der Waals surface area contributed by atoms with Gasteiger partial charge in [0.15, 0.2) is 0 Å². The maximum absolute atomic E-state index is 12.2. The molecule has 0 saturated heterocycles. The summed E-state index contributed by atoms with van der Waals surface area (Å²) < 4.78 is 0. The number of carbonyl (C=O) groups excluding carboxylic acids is 1. The first-order chi connectivity index (χ1) is 8.60. The van der Waals surface area contributed by atoms with E-state index in [9.17, 15) is 4.79 Å². The first-order valence-electron chi connectivity index (χ1n) is 7.85. The van der Waals surface area contributed by atoms with Gasteiger partial charge in [-0.15, -0.1) is 0 Å². The minimum atomic E-state index is 0.312. The summed E-state index contributed by atoms with van der Waals surface area (Å²) in [6.07, 6.45) is 6.08. The molecule has 3 atom stereocenters. The van der Waals surface area contributed by atoms with Crippen molar-refractivity contribution in [3.63, 3.8) is 0 Å². The van der Waals surface area contributed by atoms with Crippen LogP contribution in [0.4, 0.5) is 0 Å². The van der Waals surface area contributed by atoms with Gasteiger partial charge < -0.3 is 4.90 Å². The molecule has 2 rings (SSSR count). The molecule has 0 aromatic carbocycles. The van der Waals surface area contributed by atoms with Gasteiger partial charge in [0, 0.05) is 25.4 Å². The Labute approximate surface area is 112 Å². The predicted molar refractivity (Wildman–Crippen MR) is 75.5 cm³/mol. The summed E-state index contributed by atoms with van der Waals surface area (Å²) in [6, 6.07) is 0. The molecule has 2 heteroatoms. The van der Waals surface area contributed by atoms with Gasteiger partial charge >= 0.3 is 0 Å². The van der Waals surface area contributed by atoms with Crippen LogP contribution in [0.15, 0.2) is 0 Å². The van der Waals surface area contributed by atoms with E-state index in [1.165, 1.54) is 38.8 Å². The topological polar surface area (TPSA) is 20.3 Å². The fourth-order valence-corrected chi connectivity index (χ4v) is 3.49. The first kappa shape index (κ1) is 14.0. The molecule has 104 valence electrons. The maximum Gasteiger partial charge on any atom is 0.137 e. The first-order valence-corrected chi connectivity index (χ1v) is 7.85. The van der Waals surface area contributed by atoms with Crippen LogP contribution in [0.3, 0.4) is 0 Å². The fourth-order valence-electron chi connectivity index (χ4n) is 3.49. The number of hydrogen-bond donors (Lipinski definition) is 0. The fraction of sp³-hybridized carbons (Fsp3) is 0.938. The Morgan fingerprint density at radius 2 is 1.94 bits per heavy atom. The molecule has 0 N–H and O–H groups in total. The molecule has 0 aromatic rings.